The molecule has 0 bridgehead atoms. The highest BCUT2D eigenvalue weighted by atomic mass is 35.5. The first-order valence-electron chi connectivity index (χ1n) is 6.03. The molecule has 0 atom stereocenters. The highest BCUT2D eigenvalue weighted by molar-refractivity contribution is 7.12. The van der Waals surface area contributed by atoms with Crippen molar-refractivity contribution >= 4 is 40.4 Å². The molecule has 1 aromatic rings. The summed E-state index contributed by atoms with van der Waals surface area (Å²) in [5.74, 6) is 0.702. The van der Waals surface area contributed by atoms with Gasteiger partial charge in [-0.3, -0.25) is 4.79 Å². The summed E-state index contributed by atoms with van der Waals surface area (Å²) in [5, 5.41) is 2.42. The van der Waals surface area contributed by atoms with E-state index >= 15 is 0 Å². The van der Waals surface area contributed by atoms with Gasteiger partial charge < -0.3 is 9.80 Å². The smallest absolute Gasteiger partial charge is 0.265 e. The Kier molecular flexibility index (Phi) is 5.30. The molecule has 18 heavy (non-hydrogen) atoms. The van der Waals surface area contributed by atoms with Gasteiger partial charge in [-0.25, -0.2) is 0 Å². The molecule has 0 saturated carbocycles. The lowest BCUT2D eigenvalue weighted by Crippen LogP contribution is -2.35. The van der Waals surface area contributed by atoms with Gasteiger partial charge in [0.15, 0.2) is 0 Å². The molecule has 6 heteroatoms. The van der Waals surface area contributed by atoms with E-state index in [9.17, 15) is 4.79 Å². The molecule has 1 amide bonds. The minimum Gasteiger partial charge on any atom is -0.337 e. The first-order valence-corrected chi connectivity index (χ1v) is 7.82. The highest BCUT2D eigenvalue weighted by Gasteiger charge is 2.22. The Morgan fingerprint density at radius 2 is 2.17 bits per heavy atom. The Morgan fingerprint density at radius 1 is 1.33 bits per heavy atom. The lowest BCUT2D eigenvalue weighted by Gasteiger charge is -2.21. The standard InChI is InChI=1S/C12H16Cl2N2OS/c13-3-6-15-4-1-5-16(8-7-15)12(17)11-10(14)2-9-18-11/h2,9H,1,3-8H2. The van der Waals surface area contributed by atoms with Crippen LogP contribution in [0.3, 0.4) is 0 Å². The number of hydrogen-bond donors (Lipinski definition) is 0. The number of rotatable bonds is 3. The zero-order chi connectivity index (χ0) is 13.0. The third-order valence-electron chi connectivity index (χ3n) is 3.09. The highest BCUT2D eigenvalue weighted by Crippen LogP contribution is 2.24. The molecular formula is C12H16Cl2N2OS. The van der Waals surface area contributed by atoms with E-state index in [1.54, 1.807) is 6.07 Å². The lowest BCUT2D eigenvalue weighted by molar-refractivity contribution is 0.0767. The van der Waals surface area contributed by atoms with Gasteiger partial charge in [-0.1, -0.05) is 11.6 Å². The molecule has 0 N–H and O–H groups in total. The molecule has 1 aliphatic heterocycles. The molecule has 2 rings (SSSR count). The van der Waals surface area contributed by atoms with Crippen LogP contribution in [-0.4, -0.2) is 54.3 Å². The zero-order valence-electron chi connectivity index (χ0n) is 10.1. The van der Waals surface area contributed by atoms with Crippen molar-refractivity contribution in [1.82, 2.24) is 9.80 Å². The predicted molar refractivity (Wildman–Crippen MR) is 77.0 cm³/mol. The third-order valence-corrected chi connectivity index (χ3v) is 4.59. The van der Waals surface area contributed by atoms with E-state index in [4.69, 9.17) is 23.2 Å². The second-order valence-corrected chi connectivity index (χ2v) is 5.98. The van der Waals surface area contributed by atoms with Gasteiger partial charge in [0.05, 0.1) is 5.02 Å². The number of hydrogen-bond acceptors (Lipinski definition) is 3. The number of thiophene rings is 1. The molecule has 1 aromatic heterocycles. The molecular weight excluding hydrogens is 291 g/mol. The van der Waals surface area contributed by atoms with Crippen molar-refractivity contribution in [3.8, 4) is 0 Å². The van der Waals surface area contributed by atoms with Crippen LogP contribution in [0.5, 0.6) is 0 Å². The topological polar surface area (TPSA) is 23.6 Å². The van der Waals surface area contributed by atoms with Crippen LogP contribution in [-0.2, 0) is 0 Å². The molecule has 0 aliphatic carbocycles. The Labute approximate surface area is 121 Å². The van der Waals surface area contributed by atoms with Crippen molar-refractivity contribution in [1.29, 1.82) is 0 Å². The summed E-state index contributed by atoms with van der Waals surface area (Å²) in [6.45, 7) is 4.34. The van der Waals surface area contributed by atoms with E-state index in [0.29, 0.717) is 15.8 Å². The fourth-order valence-corrected chi connectivity index (χ4v) is 3.45. The van der Waals surface area contributed by atoms with Crippen molar-refractivity contribution in [3.63, 3.8) is 0 Å². The molecule has 3 nitrogen and oxygen atoms in total. The largest absolute Gasteiger partial charge is 0.337 e. The molecule has 0 radical (unpaired) electrons. The number of amides is 1. The van der Waals surface area contributed by atoms with Crippen LogP contribution in [0.1, 0.15) is 16.1 Å². The van der Waals surface area contributed by atoms with Crippen LogP contribution < -0.4 is 0 Å². The van der Waals surface area contributed by atoms with Crippen LogP contribution in [0.15, 0.2) is 11.4 Å². The summed E-state index contributed by atoms with van der Waals surface area (Å²) in [7, 11) is 0. The normalized spacial score (nSPS) is 17.8. The van der Waals surface area contributed by atoms with E-state index in [1.165, 1.54) is 11.3 Å². The minimum atomic E-state index is 0.0581. The summed E-state index contributed by atoms with van der Waals surface area (Å²) in [5.41, 5.74) is 0. The lowest BCUT2D eigenvalue weighted by atomic mass is 10.3. The SMILES string of the molecule is O=C(c1sccc1Cl)N1CCCN(CCCl)CC1. The van der Waals surface area contributed by atoms with Gasteiger partial charge in [0.2, 0.25) is 0 Å². The van der Waals surface area contributed by atoms with Crippen molar-refractivity contribution in [2.75, 3.05) is 38.6 Å². The van der Waals surface area contributed by atoms with E-state index in [-0.39, 0.29) is 5.91 Å². The second kappa shape index (κ2) is 6.75. The maximum absolute atomic E-state index is 12.3. The van der Waals surface area contributed by atoms with E-state index in [0.717, 1.165) is 39.1 Å². The minimum absolute atomic E-state index is 0.0581. The Hall–Kier alpha value is -0.290. The van der Waals surface area contributed by atoms with Crippen LogP contribution in [0.4, 0.5) is 0 Å². The predicted octanol–water partition coefficient (Wildman–Crippen LogP) is 2.79. The van der Waals surface area contributed by atoms with E-state index in [1.807, 2.05) is 10.3 Å². The van der Waals surface area contributed by atoms with Crippen LogP contribution in [0, 0.1) is 0 Å². The van der Waals surface area contributed by atoms with Gasteiger partial charge in [0, 0.05) is 32.1 Å². The number of carbonyl (C=O) groups excluding carboxylic acids is 1. The molecule has 0 spiro atoms. The van der Waals surface area contributed by atoms with Gasteiger partial charge in [-0.05, 0) is 24.4 Å². The average Bonchev–Trinajstić information content (AvgIpc) is 2.64. The Balaban J connectivity index is 1.98. The molecule has 1 aliphatic rings. The Bertz CT molecular complexity index is 411. The third kappa shape index (κ3) is 3.38. The van der Waals surface area contributed by atoms with Crippen molar-refractivity contribution in [2.45, 2.75) is 6.42 Å². The molecule has 2 heterocycles. The van der Waals surface area contributed by atoms with Crippen molar-refractivity contribution in [2.24, 2.45) is 0 Å². The Morgan fingerprint density at radius 3 is 2.83 bits per heavy atom. The monoisotopic (exact) mass is 306 g/mol. The number of alkyl halides is 1. The van der Waals surface area contributed by atoms with Crippen molar-refractivity contribution < 1.29 is 4.79 Å². The molecule has 1 saturated heterocycles. The quantitative estimate of drug-likeness (QED) is 0.802. The van der Waals surface area contributed by atoms with Crippen molar-refractivity contribution in [3.05, 3.63) is 21.3 Å². The number of carbonyl (C=O) groups is 1. The molecule has 0 aromatic carbocycles. The van der Waals surface area contributed by atoms with Gasteiger partial charge >= 0.3 is 0 Å². The van der Waals surface area contributed by atoms with Gasteiger partial charge in [-0.15, -0.1) is 22.9 Å². The fraction of sp³-hybridized carbons (Fsp3) is 0.583. The molecule has 1 fully saturated rings. The summed E-state index contributed by atoms with van der Waals surface area (Å²) >= 11 is 13.2. The molecule has 0 unspecified atom stereocenters. The summed E-state index contributed by atoms with van der Waals surface area (Å²) < 4.78 is 0. The van der Waals surface area contributed by atoms with Gasteiger partial charge in [0.25, 0.3) is 5.91 Å². The number of halogens is 2. The van der Waals surface area contributed by atoms with Crippen LogP contribution in [0.2, 0.25) is 5.02 Å². The van der Waals surface area contributed by atoms with Gasteiger partial charge in [-0.2, -0.15) is 0 Å². The fourth-order valence-electron chi connectivity index (χ4n) is 2.11. The zero-order valence-corrected chi connectivity index (χ0v) is 12.4. The maximum atomic E-state index is 12.3. The molecule has 100 valence electrons. The summed E-state index contributed by atoms with van der Waals surface area (Å²) in [6.07, 6.45) is 0.992. The first kappa shape index (κ1) is 14.1. The summed E-state index contributed by atoms with van der Waals surface area (Å²) in [4.78, 5) is 17.2. The average molecular weight is 307 g/mol. The summed E-state index contributed by atoms with van der Waals surface area (Å²) in [6, 6.07) is 1.77. The van der Waals surface area contributed by atoms with Crippen LogP contribution in [0.25, 0.3) is 0 Å². The first-order chi connectivity index (χ1) is 8.72. The van der Waals surface area contributed by atoms with Crippen LogP contribution >= 0.6 is 34.5 Å². The van der Waals surface area contributed by atoms with E-state index in [2.05, 4.69) is 4.90 Å². The van der Waals surface area contributed by atoms with Gasteiger partial charge in [0.1, 0.15) is 4.88 Å². The van der Waals surface area contributed by atoms with E-state index < -0.39 is 0 Å². The number of nitrogens with zero attached hydrogens (tertiary/aromatic N) is 2. The second-order valence-electron chi connectivity index (χ2n) is 4.27. The maximum Gasteiger partial charge on any atom is 0.265 e.